The summed E-state index contributed by atoms with van der Waals surface area (Å²) in [5.41, 5.74) is 4.76. The molecule has 0 saturated carbocycles. The van der Waals surface area contributed by atoms with Gasteiger partial charge in [0.2, 0.25) is 0 Å². The molecule has 0 aliphatic carbocycles. The fraction of sp³-hybridized carbons (Fsp3) is 0.462. The van der Waals surface area contributed by atoms with Gasteiger partial charge in [0.25, 0.3) is 5.91 Å². The highest BCUT2D eigenvalue weighted by Gasteiger charge is 2.30. The van der Waals surface area contributed by atoms with E-state index in [2.05, 4.69) is 5.32 Å². The number of aliphatic hydroxyl groups is 2. The average Bonchev–Trinajstić information content (AvgIpc) is 2.40. The fourth-order valence-corrected chi connectivity index (χ4v) is 1.71. The van der Waals surface area contributed by atoms with Crippen LogP contribution in [0.2, 0.25) is 0 Å². The fourth-order valence-electron chi connectivity index (χ4n) is 1.71. The van der Waals surface area contributed by atoms with Crippen LogP contribution >= 0.6 is 0 Å². The predicted molar refractivity (Wildman–Crippen MR) is 70.2 cm³/mol. The standard InChI is InChI=1S/C13H19FN2O3/c1-3-13(6-17,7-18)16-12(19)10-5-9(15)4-8(2)11(10)14/h4-5,17-18H,3,6-7,15H2,1-2H3,(H,16,19). The quantitative estimate of drug-likeness (QED) is 0.588. The summed E-state index contributed by atoms with van der Waals surface area (Å²) in [6.45, 7) is 2.34. The molecule has 0 aromatic heterocycles. The Balaban J connectivity index is 3.08. The van der Waals surface area contributed by atoms with Gasteiger partial charge in [0.1, 0.15) is 5.82 Å². The van der Waals surface area contributed by atoms with E-state index in [1.54, 1.807) is 6.92 Å². The summed E-state index contributed by atoms with van der Waals surface area (Å²) in [6.07, 6.45) is 0.314. The van der Waals surface area contributed by atoms with Gasteiger partial charge in [-0.15, -0.1) is 0 Å². The monoisotopic (exact) mass is 270 g/mol. The summed E-state index contributed by atoms with van der Waals surface area (Å²) in [5, 5.41) is 21.0. The number of carbonyl (C=O) groups is 1. The number of hydrogen-bond donors (Lipinski definition) is 4. The average molecular weight is 270 g/mol. The highest BCUT2D eigenvalue weighted by molar-refractivity contribution is 5.96. The van der Waals surface area contributed by atoms with Crippen molar-refractivity contribution < 1.29 is 19.4 Å². The first-order valence-electron chi connectivity index (χ1n) is 5.99. The van der Waals surface area contributed by atoms with Gasteiger partial charge in [0.15, 0.2) is 0 Å². The minimum absolute atomic E-state index is 0.197. The van der Waals surface area contributed by atoms with Gasteiger partial charge in [0, 0.05) is 5.69 Å². The Morgan fingerprint density at radius 1 is 1.42 bits per heavy atom. The SMILES string of the molecule is CCC(CO)(CO)NC(=O)c1cc(N)cc(C)c1F. The summed E-state index contributed by atoms with van der Waals surface area (Å²) in [7, 11) is 0. The van der Waals surface area contributed by atoms with Crippen molar-refractivity contribution in [1.82, 2.24) is 5.32 Å². The minimum Gasteiger partial charge on any atom is -0.399 e. The number of aryl methyl sites for hydroxylation is 1. The molecule has 0 fully saturated rings. The van der Waals surface area contributed by atoms with E-state index in [1.807, 2.05) is 0 Å². The van der Waals surface area contributed by atoms with E-state index in [1.165, 1.54) is 19.1 Å². The van der Waals surface area contributed by atoms with Crippen LogP contribution in [0.25, 0.3) is 0 Å². The molecule has 6 heteroatoms. The molecule has 0 spiro atoms. The first-order chi connectivity index (χ1) is 8.89. The molecule has 1 rings (SSSR count). The molecule has 0 heterocycles. The van der Waals surface area contributed by atoms with Gasteiger partial charge in [-0.25, -0.2) is 4.39 Å². The Bertz CT molecular complexity index is 465. The zero-order valence-electron chi connectivity index (χ0n) is 11.0. The molecular formula is C13H19FN2O3. The van der Waals surface area contributed by atoms with Gasteiger partial charge in [-0.2, -0.15) is 0 Å². The summed E-state index contributed by atoms with van der Waals surface area (Å²) in [5.74, 6) is -1.37. The third-order valence-electron chi connectivity index (χ3n) is 3.18. The second kappa shape index (κ2) is 5.99. The van der Waals surface area contributed by atoms with Crippen LogP contribution in [0, 0.1) is 12.7 Å². The second-order valence-electron chi connectivity index (χ2n) is 4.60. The molecule has 0 aliphatic heterocycles. The van der Waals surface area contributed by atoms with E-state index < -0.39 is 30.5 Å². The molecule has 106 valence electrons. The molecule has 1 aromatic rings. The molecular weight excluding hydrogens is 251 g/mol. The van der Waals surface area contributed by atoms with Gasteiger partial charge < -0.3 is 21.3 Å². The minimum atomic E-state index is -1.16. The normalized spacial score (nSPS) is 11.4. The number of nitrogens with one attached hydrogen (secondary N) is 1. The summed E-state index contributed by atoms with van der Waals surface area (Å²) in [4.78, 5) is 12.0. The van der Waals surface area contributed by atoms with Crippen LogP contribution in [0.3, 0.4) is 0 Å². The molecule has 0 radical (unpaired) electrons. The summed E-state index contributed by atoms with van der Waals surface area (Å²) >= 11 is 0. The Labute approximate surface area is 111 Å². The van der Waals surface area contributed by atoms with E-state index in [9.17, 15) is 19.4 Å². The van der Waals surface area contributed by atoms with Crippen molar-refractivity contribution in [3.63, 3.8) is 0 Å². The summed E-state index contributed by atoms with van der Waals surface area (Å²) < 4.78 is 13.9. The maximum atomic E-state index is 13.9. The van der Waals surface area contributed by atoms with Crippen LogP contribution in [-0.4, -0.2) is 34.9 Å². The molecule has 1 amide bonds. The Morgan fingerprint density at radius 2 is 2.00 bits per heavy atom. The first kappa shape index (κ1) is 15.4. The van der Waals surface area contributed by atoms with Crippen molar-refractivity contribution in [3.05, 3.63) is 29.1 Å². The summed E-state index contributed by atoms with van der Waals surface area (Å²) in [6, 6.07) is 2.66. The van der Waals surface area contributed by atoms with Crippen molar-refractivity contribution in [2.45, 2.75) is 25.8 Å². The Kier molecular flexibility index (Phi) is 4.85. The largest absolute Gasteiger partial charge is 0.399 e. The number of hydrogen-bond acceptors (Lipinski definition) is 4. The molecule has 19 heavy (non-hydrogen) atoms. The number of aliphatic hydroxyl groups excluding tert-OH is 2. The van der Waals surface area contributed by atoms with Crippen molar-refractivity contribution in [3.8, 4) is 0 Å². The zero-order chi connectivity index (χ0) is 14.6. The van der Waals surface area contributed by atoms with E-state index >= 15 is 0 Å². The predicted octanol–water partition coefficient (Wildman–Crippen LogP) is 0.580. The lowest BCUT2D eigenvalue weighted by atomic mass is 9.97. The van der Waals surface area contributed by atoms with Crippen LogP contribution in [0.15, 0.2) is 12.1 Å². The van der Waals surface area contributed by atoms with Crippen molar-refractivity contribution in [2.75, 3.05) is 18.9 Å². The number of halogens is 1. The van der Waals surface area contributed by atoms with Crippen molar-refractivity contribution in [1.29, 1.82) is 0 Å². The molecule has 5 N–H and O–H groups in total. The number of amides is 1. The zero-order valence-corrected chi connectivity index (χ0v) is 11.0. The molecule has 1 aromatic carbocycles. The van der Waals surface area contributed by atoms with Crippen LogP contribution in [0.5, 0.6) is 0 Å². The molecule has 0 bridgehead atoms. The lowest BCUT2D eigenvalue weighted by Crippen LogP contribution is -2.54. The maximum absolute atomic E-state index is 13.9. The third kappa shape index (κ3) is 3.21. The van der Waals surface area contributed by atoms with Gasteiger partial charge in [0.05, 0.1) is 24.3 Å². The Hall–Kier alpha value is -1.66. The number of benzene rings is 1. The number of nitrogen functional groups attached to an aromatic ring is 1. The van der Waals surface area contributed by atoms with Crippen LogP contribution in [-0.2, 0) is 0 Å². The molecule has 5 nitrogen and oxygen atoms in total. The van der Waals surface area contributed by atoms with Crippen molar-refractivity contribution >= 4 is 11.6 Å². The number of anilines is 1. The lowest BCUT2D eigenvalue weighted by molar-refractivity contribution is 0.0649. The van der Waals surface area contributed by atoms with Crippen LogP contribution in [0.4, 0.5) is 10.1 Å². The van der Waals surface area contributed by atoms with Gasteiger partial charge in [-0.1, -0.05) is 6.92 Å². The molecule has 0 saturated heterocycles. The van der Waals surface area contributed by atoms with Crippen LogP contribution < -0.4 is 11.1 Å². The molecule has 0 unspecified atom stereocenters. The van der Waals surface area contributed by atoms with Crippen LogP contribution in [0.1, 0.15) is 29.3 Å². The van der Waals surface area contributed by atoms with E-state index in [-0.39, 0.29) is 16.8 Å². The second-order valence-corrected chi connectivity index (χ2v) is 4.60. The highest BCUT2D eigenvalue weighted by Crippen LogP contribution is 2.18. The number of carbonyl (C=O) groups excluding carboxylic acids is 1. The topological polar surface area (TPSA) is 95.6 Å². The smallest absolute Gasteiger partial charge is 0.254 e. The van der Waals surface area contributed by atoms with E-state index in [0.717, 1.165) is 0 Å². The maximum Gasteiger partial charge on any atom is 0.254 e. The van der Waals surface area contributed by atoms with E-state index in [4.69, 9.17) is 5.73 Å². The number of nitrogens with two attached hydrogens (primary N) is 1. The highest BCUT2D eigenvalue weighted by atomic mass is 19.1. The van der Waals surface area contributed by atoms with Gasteiger partial charge in [-0.05, 0) is 31.0 Å². The lowest BCUT2D eigenvalue weighted by Gasteiger charge is -2.29. The van der Waals surface area contributed by atoms with Gasteiger partial charge >= 0.3 is 0 Å². The molecule has 0 atom stereocenters. The first-order valence-corrected chi connectivity index (χ1v) is 5.99. The molecule has 0 aliphatic rings. The number of rotatable bonds is 5. The van der Waals surface area contributed by atoms with E-state index in [0.29, 0.717) is 6.42 Å². The Morgan fingerprint density at radius 3 is 2.47 bits per heavy atom. The third-order valence-corrected chi connectivity index (χ3v) is 3.18. The van der Waals surface area contributed by atoms with Crippen molar-refractivity contribution in [2.24, 2.45) is 0 Å². The van der Waals surface area contributed by atoms with Gasteiger partial charge in [-0.3, -0.25) is 4.79 Å².